The maximum atomic E-state index is 12.0. The summed E-state index contributed by atoms with van der Waals surface area (Å²) >= 11 is 1.99. The summed E-state index contributed by atoms with van der Waals surface area (Å²) in [4.78, 5) is 18.0. The van der Waals surface area contributed by atoms with Gasteiger partial charge in [0.2, 0.25) is 5.91 Å². The maximum absolute atomic E-state index is 12.0. The number of hydrogen-bond acceptors (Lipinski definition) is 4. The Morgan fingerprint density at radius 1 is 1.45 bits per heavy atom. The fourth-order valence-electron chi connectivity index (χ4n) is 3.13. The van der Waals surface area contributed by atoms with Crippen molar-refractivity contribution in [2.45, 2.75) is 50.1 Å². The molecule has 1 atom stereocenters. The van der Waals surface area contributed by atoms with E-state index in [2.05, 4.69) is 11.9 Å². The number of rotatable bonds is 6. The lowest BCUT2D eigenvalue weighted by Crippen LogP contribution is -2.60. The molecule has 1 spiro atoms. The maximum Gasteiger partial charge on any atom is 0.222 e. The Bertz CT molecular complexity index is 503. The molecule has 2 fully saturated rings. The van der Waals surface area contributed by atoms with Crippen LogP contribution in [0.15, 0.2) is 24.5 Å². The molecule has 0 aliphatic carbocycles. The van der Waals surface area contributed by atoms with Crippen molar-refractivity contribution in [3.05, 3.63) is 30.1 Å². The SMILES string of the molecule is CCCCC(=O)N1CC2(C[C@@H](OCc3ccncc3)CS2)C1. The van der Waals surface area contributed by atoms with E-state index in [1.165, 1.54) is 5.56 Å². The van der Waals surface area contributed by atoms with E-state index in [4.69, 9.17) is 4.74 Å². The Balaban J connectivity index is 1.41. The van der Waals surface area contributed by atoms with Crippen LogP contribution in [0.1, 0.15) is 38.2 Å². The average Bonchev–Trinajstić information content (AvgIpc) is 2.95. The minimum Gasteiger partial charge on any atom is -0.373 e. The molecule has 1 amide bonds. The van der Waals surface area contributed by atoms with Crippen molar-refractivity contribution in [1.82, 2.24) is 9.88 Å². The van der Waals surface area contributed by atoms with Gasteiger partial charge < -0.3 is 9.64 Å². The van der Waals surface area contributed by atoms with Gasteiger partial charge in [0.05, 0.1) is 17.5 Å². The summed E-state index contributed by atoms with van der Waals surface area (Å²) in [6.07, 6.45) is 7.79. The molecule has 0 unspecified atom stereocenters. The first-order valence-electron chi connectivity index (χ1n) is 8.13. The van der Waals surface area contributed by atoms with Crippen LogP contribution in [-0.2, 0) is 16.1 Å². The first-order chi connectivity index (χ1) is 10.7. The molecule has 3 heterocycles. The summed E-state index contributed by atoms with van der Waals surface area (Å²) in [5.74, 6) is 1.37. The van der Waals surface area contributed by atoms with Crippen LogP contribution in [0.4, 0.5) is 0 Å². The third kappa shape index (κ3) is 3.63. The van der Waals surface area contributed by atoms with Crippen molar-refractivity contribution in [1.29, 1.82) is 0 Å². The average molecular weight is 320 g/mol. The van der Waals surface area contributed by atoms with Crippen LogP contribution in [0.3, 0.4) is 0 Å². The molecule has 0 saturated carbocycles. The second kappa shape index (κ2) is 7.01. The summed E-state index contributed by atoms with van der Waals surface area (Å²) < 4.78 is 6.30. The largest absolute Gasteiger partial charge is 0.373 e. The molecular formula is C17H24N2O2S. The van der Waals surface area contributed by atoms with Gasteiger partial charge in [-0.15, -0.1) is 11.8 Å². The van der Waals surface area contributed by atoms with E-state index >= 15 is 0 Å². The molecule has 1 aromatic rings. The molecule has 2 saturated heterocycles. The molecule has 5 heteroatoms. The Kier molecular flexibility index (Phi) is 5.03. The highest BCUT2D eigenvalue weighted by Crippen LogP contribution is 2.46. The van der Waals surface area contributed by atoms with Crippen molar-refractivity contribution in [2.24, 2.45) is 0 Å². The molecule has 0 bridgehead atoms. The van der Waals surface area contributed by atoms with Gasteiger partial charge in [-0.2, -0.15) is 0 Å². The second-order valence-corrected chi connectivity index (χ2v) is 7.83. The summed E-state index contributed by atoms with van der Waals surface area (Å²) in [5, 5.41) is 0. The summed E-state index contributed by atoms with van der Waals surface area (Å²) in [6, 6.07) is 3.99. The van der Waals surface area contributed by atoms with Gasteiger partial charge in [0.1, 0.15) is 0 Å². The van der Waals surface area contributed by atoms with Gasteiger partial charge in [0, 0.05) is 37.7 Å². The first kappa shape index (κ1) is 15.8. The smallest absolute Gasteiger partial charge is 0.222 e. The van der Waals surface area contributed by atoms with E-state index in [1.54, 1.807) is 12.4 Å². The highest BCUT2D eigenvalue weighted by molar-refractivity contribution is 8.01. The fraction of sp³-hybridized carbons (Fsp3) is 0.647. The lowest BCUT2D eigenvalue weighted by molar-refractivity contribution is -0.136. The van der Waals surface area contributed by atoms with Crippen LogP contribution in [0.5, 0.6) is 0 Å². The third-order valence-electron chi connectivity index (χ3n) is 4.47. The van der Waals surface area contributed by atoms with E-state index < -0.39 is 0 Å². The van der Waals surface area contributed by atoms with E-state index in [0.29, 0.717) is 25.0 Å². The zero-order valence-electron chi connectivity index (χ0n) is 13.2. The number of hydrogen-bond donors (Lipinski definition) is 0. The van der Waals surface area contributed by atoms with E-state index in [9.17, 15) is 4.79 Å². The van der Waals surface area contributed by atoms with Crippen molar-refractivity contribution in [3.8, 4) is 0 Å². The molecule has 2 aliphatic rings. The molecule has 2 aliphatic heterocycles. The predicted molar refractivity (Wildman–Crippen MR) is 88.7 cm³/mol. The second-order valence-electron chi connectivity index (χ2n) is 6.34. The molecule has 0 radical (unpaired) electrons. The molecule has 0 aromatic carbocycles. The third-order valence-corrected chi connectivity index (χ3v) is 6.04. The first-order valence-corrected chi connectivity index (χ1v) is 9.11. The standard InChI is InChI=1S/C17H24N2O2S/c1-2-3-4-16(20)19-12-17(13-19)9-15(11-22-17)21-10-14-5-7-18-8-6-14/h5-8,15H,2-4,9-13H2,1H3/t15-/m1/s1. The zero-order valence-corrected chi connectivity index (χ0v) is 14.0. The number of amides is 1. The van der Waals surface area contributed by atoms with E-state index in [-0.39, 0.29) is 4.75 Å². The van der Waals surface area contributed by atoms with Gasteiger partial charge in [-0.3, -0.25) is 9.78 Å². The number of carbonyl (C=O) groups excluding carboxylic acids is 1. The number of ether oxygens (including phenoxy) is 1. The van der Waals surface area contributed by atoms with Gasteiger partial charge in [0.25, 0.3) is 0 Å². The van der Waals surface area contributed by atoms with Gasteiger partial charge in [0.15, 0.2) is 0 Å². The Hall–Kier alpha value is -1.07. The Labute approximate surface area is 136 Å². The number of thioether (sulfide) groups is 1. The Morgan fingerprint density at radius 2 is 2.23 bits per heavy atom. The molecular weight excluding hydrogens is 296 g/mol. The van der Waals surface area contributed by atoms with Crippen LogP contribution in [0.25, 0.3) is 0 Å². The number of carbonyl (C=O) groups is 1. The van der Waals surface area contributed by atoms with Crippen molar-refractivity contribution < 1.29 is 9.53 Å². The predicted octanol–water partition coefficient (Wildman–Crippen LogP) is 2.87. The highest BCUT2D eigenvalue weighted by Gasteiger charge is 2.50. The molecule has 22 heavy (non-hydrogen) atoms. The molecule has 1 aromatic heterocycles. The molecule has 3 rings (SSSR count). The lowest BCUT2D eigenvalue weighted by atomic mass is 9.92. The molecule has 120 valence electrons. The van der Waals surface area contributed by atoms with Gasteiger partial charge >= 0.3 is 0 Å². The monoisotopic (exact) mass is 320 g/mol. The number of pyridine rings is 1. The number of nitrogens with zero attached hydrogens (tertiary/aromatic N) is 2. The minimum atomic E-state index is 0.269. The minimum absolute atomic E-state index is 0.269. The topological polar surface area (TPSA) is 42.4 Å². The van der Waals surface area contributed by atoms with Gasteiger partial charge in [-0.1, -0.05) is 13.3 Å². The number of aromatic nitrogens is 1. The number of likely N-dealkylation sites (tertiary alicyclic amines) is 1. The summed E-state index contributed by atoms with van der Waals surface area (Å²) in [7, 11) is 0. The zero-order chi connectivity index (χ0) is 15.4. The highest BCUT2D eigenvalue weighted by atomic mass is 32.2. The normalized spacial score (nSPS) is 22.8. The van der Waals surface area contributed by atoms with Crippen LogP contribution >= 0.6 is 11.8 Å². The van der Waals surface area contributed by atoms with Crippen molar-refractivity contribution >= 4 is 17.7 Å². The van der Waals surface area contributed by atoms with Gasteiger partial charge in [-0.05, 0) is 30.5 Å². The Morgan fingerprint density at radius 3 is 2.95 bits per heavy atom. The van der Waals surface area contributed by atoms with Crippen LogP contribution in [0.2, 0.25) is 0 Å². The van der Waals surface area contributed by atoms with Crippen molar-refractivity contribution in [2.75, 3.05) is 18.8 Å². The summed E-state index contributed by atoms with van der Waals surface area (Å²) in [6.45, 7) is 4.61. The van der Waals surface area contributed by atoms with E-state index in [0.717, 1.165) is 38.1 Å². The van der Waals surface area contributed by atoms with Crippen molar-refractivity contribution in [3.63, 3.8) is 0 Å². The molecule has 0 N–H and O–H groups in total. The van der Waals surface area contributed by atoms with E-state index in [1.807, 2.05) is 28.8 Å². The van der Waals surface area contributed by atoms with Crippen LogP contribution in [0, 0.1) is 0 Å². The lowest BCUT2D eigenvalue weighted by Gasteiger charge is -2.47. The van der Waals surface area contributed by atoms with Gasteiger partial charge in [-0.25, -0.2) is 0 Å². The quantitative estimate of drug-likeness (QED) is 0.808. The number of unbranched alkanes of at least 4 members (excludes halogenated alkanes) is 1. The van der Waals surface area contributed by atoms with Crippen LogP contribution in [-0.4, -0.2) is 45.5 Å². The summed E-state index contributed by atoms with van der Waals surface area (Å²) in [5.41, 5.74) is 1.17. The van der Waals surface area contributed by atoms with Crippen LogP contribution < -0.4 is 0 Å². The fourth-order valence-corrected chi connectivity index (χ4v) is 4.69. The molecule has 4 nitrogen and oxygen atoms in total.